The average molecular weight is 419 g/mol. The van der Waals surface area contributed by atoms with Gasteiger partial charge in [0.2, 0.25) is 0 Å². The molecule has 0 aliphatic rings. The molecule has 0 rings (SSSR count). The van der Waals surface area contributed by atoms with Crippen LogP contribution in [0.3, 0.4) is 0 Å². The maximum Gasteiger partial charge on any atom is 0.330 e. The van der Waals surface area contributed by atoms with Gasteiger partial charge in [0.1, 0.15) is 12.7 Å². The summed E-state index contributed by atoms with van der Waals surface area (Å²) in [6, 6.07) is 0. The van der Waals surface area contributed by atoms with Crippen LogP contribution in [0.5, 0.6) is 0 Å². The van der Waals surface area contributed by atoms with Gasteiger partial charge < -0.3 is 23.7 Å². The Labute approximate surface area is 154 Å². The van der Waals surface area contributed by atoms with Gasteiger partial charge in [0, 0.05) is 11.8 Å². The second kappa shape index (κ2) is 16.3. The largest absolute Gasteiger partial charge is 0.378 e. The van der Waals surface area contributed by atoms with E-state index >= 15 is 0 Å². The van der Waals surface area contributed by atoms with E-state index in [4.69, 9.17) is 42.1 Å². The maximum atomic E-state index is 12.8. The molecule has 0 aliphatic carbocycles. The topological polar surface area (TPSA) is 46.2 Å². The molecule has 0 amide bonds. The lowest BCUT2D eigenvalue weighted by atomic mass is 10.3. The molecule has 0 heterocycles. The highest BCUT2D eigenvalue weighted by atomic mass is 35.5. The highest BCUT2D eigenvalue weighted by molar-refractivity contribution is 6.18. The van der Waals surface area contributed by atoms with Gasteiger partial charge in [-0.3, -0.25) is 0 Å². The summed E-state index contributed by atoms with van der Waals surface area (Å²) in [7, 11) is 0. The SMILES string of the molecule is FC(F)C(F)(F)COCC(COCCOCCCl)OCCOCCCl. The minimum Gasteiger partial charge on any atom is -0.378 e. The molecule has 0 aliphatic heterocycles. The minimum absolute atomic E-state index is 0.0278. The first-order chi connectivity index (χ1) is 11.9. The van der Waals surface area contributed by atoms with Gasteiger partial charge in [-0.15, -0.1) is 23.2 Å². The van der Waals surface area contributed by atoms with Gasteiger partial charge in [-0.2, -0.15) is 8.78 Å². The van der Waals surface area contributed by atoms with E-state index in [1.165, 1.54) is 0 Å². The van der Waals surface area contributed by atoms with E-state index < -0.39 is 25.1 Å². The fourth-order valence-electron chi connectivity index (χ4n) is 1.45. The molecule has 1 unspecified atom stereocenters. The molecule has 5 nitrogen and oxygen atoms in total. The van der Waals surface area contributed by atoms with Crippen molar-refractivity contribution in [2.75, 3.05) is 71.2 Å². The summed E-state index contributed by atoms with van der Waals surface area (Å²) in [6.07, 6.45) is -4.49. The van der Waals surface area contributed by atoms with E-state index in [2.05, 4.69) is 4.74 Å². The Kier molecular flexibility index (Phi) is 16.4. The van der Waals surface area contributed by atoms with Crippen molar-refractivity contribution in [2.24, 2.45) is 0 Å². The number of ether oxygens (including phenoxy) is 5. The summed E-state index contributed by atoms with van der Waals surface area (Å²) in [6.45, 7) is -0.00504. The number of hydrogen-bond donors (Lipinski definition) is 0. The molecule has 0 saturated heterocycles. The van der Waals surface area contributed by atoms with Crippen LogP contribution in [0.2, 0.25) is 0 Å². The van der Waals surface area contributed by atoms with Crippen LogP contribution in [-0.4, -0.2) is 89.7 Å². The van der Waals surface area contributed by atoms with Gasteiger partial charge in [0.25, 0.3) is 0 Å². The molecule has 0 N–H and O–H groups in total. The minimum atomic E-state index is -4.20. The summed E-state index contributed by atoms with van der Waals surface area (Å²) < 4.78 is 75.3. The maximum absolute atomic E-state index is 12.8. The molecule has 152 valence electrons. The van der Waals surface area contributed by atoms with Crippen molar-refractivity contribution in [3.63, 3.8) is 0 Å². The Morgan fingerprint density at radius 2 is 1.24 bits per heavy atom. The van der Waals surface area contributed by atoms with Gasteiger partial charge in [-0.25, -0.2) is 8.78 Å². The molecule has 0 spiro atoms. The Morgan fingerprint density at radius 1 is 0.720 bits per heavy atom. The summed E-state index contributed by atoms with van der Waals surface area (Å²) in [5, 5.41) is 0. The molecule has 0 saturated carbocycles. The second-order valence-corrected chi connectivity index (χ2v) is 5.50. The molecule has 11 heteroatoms. The van der Waals surface area contributed by atoms with Crippen LogP contribution in [0.25, 0.3) is 0 Å². The summed E-state index contributed by atoms with van der Waals surface area (Å²) in [4.78, 5) is 0. The zero-order chi connectivity index (χ0) is 19.0. The molecule has 25 heavy (non-hydrogen) atoms. The van der Waals surface area contributed by atoms with Crippen molar-refractivity contribution in [3.05, 3.63) is 0 Å². The normalized spacial score (nSPS) is 13.6. The standard InChI is InChI=1S/C14H24Cl2F4O5/c15-1-3-21-5-6-23-9-12(25-8-7-22-4-2-16)10-24-11-14(19,20)13(17)18/h12-13H,1-11H2. The van der Waals surface area contributed by atoms with Crippen molar-refractivity contribution in [1.82, 2.24) is 0 Å². The average Bonchev–Trinajstić information content (AvgIpc) is 2.56. The Hall–Kier alpha value is 0.100. The summed E-state index contributed by atoms with van der Waals surface area (Å²) >= 11 is 10.9. The first kappa shape index (κ1) is 25.1. The van der Waals surface area contributed by atoms with Crippen LogP contribution < -0.4 is 0 Å². The summed E-state index contributed by atoms with van der Waals surface area (Å²) in [5.74, 6) is -3.51. The molecule has 0 aromatic rings. The number of hydrogen-bond acceptors (Lipinski definition) is 5. The molecular weight excluding hydrogens is 395 g/mol. The van der Waals surface area contributed by atoms with Gasteiger partial charge in [-0.1, -0.05) is 0 Å². The predicted molar refractivity (Wildman–Crippen MR) is 85.4 cm³/mol. The van der Waals surface area contributed by atoms with Gasteiger partial charge in [0.15, 0.2) is 0 Å². The van der Waals surface area contributed by atoms with Gasteiger partial charge in [0.05, 0.1) is 52.9 Å². The van der Waals surface area contributed by atoms with Crippen LogP contribution in [0.4, 0.5) is 17.6 Å². The van der Waals surface area contributed by atoms with Crippen molar-refractivity contribution in [1.29, 1.82) is 0 Å². The number of rotatable bonds is 18. The van der Waals surface area contributed by atoms with E-state index in [1.807, 2.05) is 0 Å². The lowest BCUT2D eigenvalue weighted by molar-refractivity contribution is -0.176. The highest BCUT2D eigenvalue weighted by Crippen LogP contribution is 2.22. The smallest absolute Gasteiger partial charge is 0.330 e. The zero-order valence-electron chi connectivity index (χ0n) is 13.7. The van der Waals surface area contributed by atoms with Crippen molar-refractivity contribution >= 4 is 23.2 Å². The van der Waals surface area contributed by atoms with Gasteiger partial charge in [-0.05, 0) is 0 Å². The van der Waals surface area contributed by atoms with Crippen molar-refractivity contribution in [2.45, 2.75) is 18.5 Å². The predicted octanol–water partition coefficient (Wildman–Crippen LogP) is 2.82. The van der Waals surface area contributed by atoms with Crippen LogP contribution >= 0.6 is 23.2 Å². The van der Waals surface area contributed by atoms with E-state index in [1.54, 1.807) is 0 Å². The van der Waals surface area contributed by atoms with E-state index in [-0.39, 0.29) is 33.0 Å². The second-order valence-electron chi connectivity index (χ2n) is 4.75. The first-order valence-electron chi connectivity index (χ1n) is 7.64. The third-order valence-corrected chi connectivity index (χ3v) is 2.93. The molecule has 0 aromatic heterocycles. The van der Waals surface area contributed by atoms with E-state index in [0.717, 1.165) is 0 Å². The fourth-order valence-corrected chi connectivity index (χ4v) is 1.67. The van der Waals surface area contributed by atoms with Crippen LogP contribution in [0, 0.1) is 0 Å². The Bertz CT molecular complexity index is 304. The van der Waals surface area contributed by atoms with Crippen LogP contribution in [0.1, 0.15) is 0 Å². The Balaban J connectivity index is 4.05. The van der Waals surface area contributed by atoms with Crippen molar-refractivity contribution in [3.8, 4) is 0 Å². The monoisotopic (exact) mass is 418 g/mol. The zero-order valence-corrected chi connectivity index (χ0v) is 15.3. The lowest BCUT2D eigenvalue weighted by Gasteiger charge is -2.20. The van der Waals surface area contributed by atoms with E-state index in [9.17, 15) is 17.6 Å². The number of alkyl halides is 6. The molecule has 1 atom stereocenters. The lowest BCUT2D eigenvalue weighted by Crippen LogP contribution is -2.35. The third-order valence-electron chi connectivity index (χ3n) is 2.62. The molecule has 0 bridgehead atoms. The number of halogens is 6. The van der Waals surface area contributed by atoms with E-state index in [0.29, 0.717) is 31.6 Å². The third kappa shape index (κ3) is 14.9. The molecule has 0 aromatic carbocycles. The molecule has 0 radical (unpaired) electrons. The van der Waals surface area contributed by atoms with Crippen LogP contribution in [-0.2, 0) is 23.7 Å². The summed E-state index contributed by atoms with van der Waals surface area (Å²) in [5.41, 5.74) is 0. The molecule has 0 fully saturated rings. The highest BCUT2D eigenvalue weighted by Gasteiger charge is 2.41. The quantitative estimate of drug-likeness (QED) is 0.194. The Morgan fingerprint density at radius 3 is 1.80 bits per heavy atom. The fraction of sp³-hybridized carbons (Fsp3) is 1.00. The first-order valence-corrected chi connectivity index (χ1v) is 8.71. The van der Waals surface area contributed by atoms with Gasteiger partial charge >= 0.3 is 12.3 Å². The van der Waals surface area contributed by atoms with Crippen molar-refractivity contribution < 1.29 is 41.2 Å². The van der Waals surface area contributed by atoms with Crippen LogP contribution in [0.15, 0.2) is 0 Å². The molecular formula is C14H24Cl2F4O5.